The van der Waals surface area contributed by atoms with Gasteiger partial charge >= 0.3 is 0 Å². The summed E-state index contributed by atoms with van der Waals surface area (Å²) < 4.78 is 0. The summed E-state index contributed by atoms with van der Waals surface area (Å²) >= 11 is 10.7. The third-order valence-electron chi connectivity index (χ3n) is 1.80. The summed E-state index contributed by atoms with van der Waals surface area (Å²) in [6.07, 6.45) is 0. The number of carbonyl (C=O) groups excluding carboxylic acids is 1. The number of hydrazine groups is 1. The van der Waals surface area contributed by atoms with Crippen molar-refractivity contribution in [3.8, 4) is 0 Å². The average Bonchev–Trinajstić information content (AvgIpc) is 2.26. The highest BCUT2D eigenvalue weighted by atomic mass is 35.5. The van der Waals surface area contributed by atoms with Crippen LogP contribution in [0.1, 0.15) is 10.4 Å². The Bertz CT molecular complexity index is 392. The van der Waals surface area contributed by atoms with Gasteiger partial charge in [-0.25, -0.2) is 0 Å². The number of halogens is 1. The molecule has 0 saturated heterocycles. The quantitative estimate of drug-likeness (QED) is 0.590. The van der Waals surface area contributed by atoms with Gasteiger partial charge in [-0.2, -0.15) is 0 Å². The van der Waals surface area contributed by atoms with Crippen LogP contribution in [0.2, 0.25) is 5.02 Å². The predicted molar refractivity (Wildman–Crippen MR) is 68.3 cm³/mol. The maximum absolute atomic E-state index is 11.6. The molecule has 1 aromatic rings. The van der Waals surface area contributed by atoms with Crippen LogP contribution in [0.4, 0.5) is 0 Å². The van der Waals surface area contributed by atoms with Crippen LogP contribution in [-0.4, -0.2) is 30.0 Å². The van der Waals surface area contributed by atoms with Crippen LogP contribution in [0.25, 0.3) is 0 Å². The lowest BCUT2D eigenvalue weighted by Gasteiger charge is -2.15. The number of carbonyl (C=O) groups is 1. The fourth-order valence-corrected chi connectivity index (χ4v) is 1.07. The maximum atomic E-state index is 11.6. The van der Waals surface area contributed by atoms with Crippen LogP contribution < -0.4 is 10.9 Å². The van der Waals surface area contributed by atoms with Crippen molar-refractivity contribution in [2.24, 2.45) is 0 Å². The van der Waals surface area contributed by atoms with Gasteiger partial charge in [-0.05, 0) is 36.5 Å². The molecule has 1 aromatic carbocycles. The highest BCUT2D eigenvalue weighted by Gasteiger charge is 2.05. The van der Waals surface area contributed by atoms with Gasteiger partial charge in [0.05, 0.1) is 0 Å². The Labute approximate surface area is 105 Å². The van der Waals surface area contributed by atoms with Crippen LogP contribution in [0.3, 0.4) is 0 Å². The van der Waals surface area contributed by atoms with E-state index in [1.54, 1.807) is 43.3 Å². The summed E-state index contributed by atoms with van der Waals surface area (Å²) in [5, 5.41) is 1.02. The van der Waals surface area contributed by atoms with E-state index in [-0.39, 0.29) is 5.91 Å². The van der Waals surface area contributed by atoms with Crippen molar-refractivity contribution in [1.29, 1.82) is 0 Å². The number of hydrogen-bond donors (Lipinski definition) is 2. The number of nitrogens with zero attached hydrogens (tertiary/aromatic N) is 1. The molecule has 16 heavy (non-hydrogen) atoms. The molecule has 0 radical (unpaired) electrons. The number of hydrogen-bond acceptors (Lipinski definition) is 2. The zero-order valence-corrected chi connectivity index (χ0v) is 10.5. The summed E-state index contributed by atoms with van der Waals surface area (Å²) in [5.41, 5.74) is 5.62. The molecule has 0 aromatic heterocycles. The Morgan fingerprint density at radius 3 is 2.31 bits per heavy atom. The molecule has 0 heterocycles. The normalized spacial score (nSPS) is 9.44. The average molecular weight is 258 g/mol. The van der Waals surface area contributed by atoms with E-state index >= 15 is 0 Å². The largest absolute Gasteiger partial charge is 0.354 e. The van der Waals surface area contributed by atoms with Gasteiger partial charge in [0.25, 0.3) is 5.91 Å². The number of amides is 1. The third kappa shape index (κ3) is 3.67. The Morgan fingerprint density at radius 1 is 1.25 bits per heavy atom. The molecule has 0 fully saturated rings. The summed E-state index contributed by atoms with van der Waals surface area (Å²) in [6, 6.07) is 6.58. The van der Waals surface area contributed by atoms with Crippen molar-refractivity contribution in [1.82, 2.24) is 15.8 Å². The van der Waals surface area contributed by atoms with E-state index < -0.39 is 0 Å². The van der Waals surface area contributed by atoms with Gasteiger partial charge in [-0.3, -0.25) is 15.6 Å². The molecule has 0 aliphatic carbocycles. The van der Waals surface area contributed by atoms with Crippen molar-refractivity contribution in [2.75, 3.05) is 14.1 Å². The van der Waals surface area contributed by atoms with Crippen LogP contribution in [0.15, 0.2) is 24.3 Å². The first-order chi connectivity index (χ1) is 7.50. The summed E-state index contributed by atoms with van der Waals surface area (Å²) in [7, 11) is 3.56. The second-order valence-electron chi connectivity index (χ2n) is 3.29. The zero-order valence-electron chi connectivity index (χ0n) is 8.95. The smallest absolute Gasteiger partial charge is 0.269 e. The lowest BCUT2D eigenvalue weighted by molar-refractivity contribution is 0.0943. The van der Waals surface area contributed by atoms with Gasteiger partial charge < -0.3 is 4.90 Å². The number of rotatable bonds is 1. The minimum absolute atomic E-state index is 0.263. The molecule has 0 aliphatic rings. The lowest BCUT2D eigenvalue weighted by Crippen LogP contribution is -2.46. The Kier molecular flexibility index (Phi) is 4.52. The zero-order chi connectivity index (χ0) is 12.1. The number of nitrogens with one attached hydrogen (secondary N) is 2. The van der Waals surface area contributed by atoms with Crippen molar-refractivity contribution in [2.45, 2.75) is 0 Å². The monoisotopic (exact) mass is 257 g/mol. The fourth-order valence-electron chi connectivity index (χ4n) is 0.895. The molecule has 0 saturated carbocycles. The predicted octanol–water partition coefficient (Wildman–Crippen LogP) is 1.42. The van der Waals surface area contributed by atoms with Crippen molar-refractivity contribution < 1.29 is 4.79 Å². The van der Waals surface area contributed by atoms with E-state index in [1.807, 2.05) is 0 Å². The topological polar surface area (TPSA) is 44.4 Å². The first kappa shape index (κ1) is 12.7. The van der Waals surface area contributed by atoms with Gasteiger partial charge in [0.15, 0.2) is 5.11 Å². The highest BCUT2D eigenvalue weighted by molar-refractivity contribution is 7.80. The molecular formula is C10H12ClN3OS. The number of benzene rings is 1. The Balaban J connectivity index is 2.53. The second-order valence-corrected chi connectivity index (χ2v) is 4.11. The van der Waals surface area contributed by atoms with E-state index in [2.05, 4.69) is 10.9 Å². The molecule has 0 unspecified atom stereocenters. The first-order valence-corrected chi connectivity index (χ1v) is 5.32. The van der Waals surface area contributed by atoms with E-state index in [0.29, 0.717) is 15.7 Å². The van der Waals surface area contributed by atoms with Crippen LogP contribution >= 0.6 is 23.8 Å². The molecule has 2 N–H and O–H groups in total. The molecular weight excluding hydrogens is 246 g/mol. The SMILES string of the molecule is CN(C)C(=S)NNC(=O)c1ccc(Cl)cc1. The fraction of sp³-hybridized carbons (Fsp3) is 0.200. The molecule has 4 nitrogen and oxygen atoms in total. The number of thiocarbonyl (C=S) groups is 1. The molecule has 1 rings (SSSR count). The molecule has 1 amide bonds. The van der Waals surface area contributed by atoms with E-state index in [9.17, 15) is 4.79 Å². The van der Waals surface area contributed by atoms with Crippen molar-refractivity contribution >= 4 is 34.8 Å². The van der Waals surface area contributed by atoms with Crippen LogP contribution in [0, 0.1) is 0 Å². The van der Waals surface area contributed by atoms with Crippen LogP contribution in [-0.2, 0) is 0 Å². The Hall–Kier alpha value is -1.33. The highest BCUT2D eigenvalue weighted by Crippen LogP contribution is 2.08. The lowest BCUT2D eigenvalue weighted by atomic mass is 10.2. The van der Waals surface area contributed by atoms with Gasteiger partial charge in [-0.15, -0.1) is 0 Å². The van der Waals surface area contributed by atoms with E-state index in [4.69, 9.17) is 23.8 Å². The summed E-state index contributed by atoms with van der Waals surface area (Å²) in [6.45, 7) is 0. The van der Waals surface area contributed by atoms with E-state index in [1.165, 1.54) is 0 Å². The first-order valence-electron chi connectivity index (χ1n) is 4.54. The Morgan fingerprint density at radius 2 is 1.81 bits per heavy atom. The van der Waals surface area contributed by atoms with Gasteiger partial charge in [-0.1, -0.05) is 11.6 Å². The van der Waals surface area contributed by atoms with Gasteiger partial charge in [0.2, 0.25) is 0 Å². The van der Waals surface area contributed by atoms with E-state index in [0.717, 1.165) is 0 Å². The standard InChI is InChI=1S/C10H12ClN3OS/c1-14(2)10(16)13-12-9(15)7-3-5-8(11)6-4-7/h3-6H,1-2H3,(H,12,15)(H,13,16). The third-order valence-corrected chi connectivity index (χ3v) is 2.51. The molecule has 86 valence electrons. The molecule has 0 spiro atoms. The van der Waals surface area contributed by atoms with Crippen molar-refractivity contribution in [3.05, 3.63) is 34.9 Å². The van der Waals surface area contributed by atoms with Gasteiger partial charge in [0, 0.05) is 24.7 Å². The van der Waals surface area contributed by atoms with Crippen LogP contribution in [0.5, 0.6) is 0 Å². The minimum Gasteiger partial charge on any atom is -0.354 e. The summed E-state index contributed by atoms with van der Waals surface area (Å²) in [5.74, 6) is -0.263. The molecule has 0 bridgehead atoms. The second kappa shape index (κ2) is 5.67. The molecule has 0 aliphatic heterocycles. The summed E-state index contributed by atoms with van der Waals surface area (Å²) in [4.78, 5) is 13.3. The van der Waals surface area contributed by atoms with Gasteiger partial charge in [0.1, 0.15) is 0 Å². The van der Waals surface area contributed by atoms with Crippen molar-refractivity contribution in [3.63, 3.8) is 0 Å². The minimum atomic E-state index is -0.263. The molecule has 0 atom stereocenters. The maximum Gasteiger partial charge on any atom is 0.269 e. The molecule has 6 heteroatoms.